The smallest absolute Gasteiger partial charge is 0.147 e. The van der Waals surface area contributed by atoms with Crippen molar-refractivity contribution < 1.29 is 0 Å². The predicted octanol–water partition coefficient (Wildman–Crippen LogP) is 3.35. The van der Waals surface area contributed by atoms with Crippen LogP contribution in [0.15, 0.2) is 11.7 Å². The van der Waals surface area contributed by atoms with Gasteiger partial charge in [0.2, 0.25) is 0 Å². The molecule has 84 valence electrons. The van der Waals surface area contributed by atoms with Crippen molar-refractivity contribution in [2.24, 2.45) is 0 Å². The second-order valence-electron chi connectivity index (χ2n) is 4.86. The molecule has 0 atom stereocenters. The third kappa shape index (κ3) is 1.48. The van der Waals surface area contributed by atoms with Crippen LogP contribution < -0.4 is 5.32 Å². The first kappa shape index (κ1) is 10.0. The van der Waals surface area contributed by atoms with Gasteiger partial charge >= 0.3 is 0 Å². The highest BCUT2D eigenvalue weighted by atomic mass is 32.1. The summed E-state index contributed by atoms with van der Waals surface area (Å²) in [6.45, 7) is 4.37. The van der Waals surface area contributed by atoms with E-state index in [0.717, 1.165) is 11.3 Å². The molecule has 0 spiro atoms. The molecule has 0 aromatic carbocycles. The van der Waals surface area contributed by atoms with E-state index < -0.39 is 0 Å². The molecule has 2 heterocycles. The molecule has 1 aliphatic carbocycles. The Bertz CT molecular complexity index is 528. The van der Waals surface area contributed by atoms with Crippen LogP contribution >= 0.6 is 11.3 Å². The monoisotopic (exact) mass is 233 g/mol. The van der Waals surface area contributed by atoms with Gasteiger partial charge in [0.05, 0.1) is 10.2 Å². The summed E-state index contributed by atoms with van der Waals surface area (Å²) >= 11 is 1.73. The lowest BCUT2D eigenvalue weighted by Crippen LogP contribution is -2.41. The maximum Gasteiger partial charge on any atom is 0.147 e. The zero-order valence-corrected chi connectivity index (χ0v) is 10.4. The first-order valence-corrected chi connectivity index (χ1v) is 6.53. The molecule has 0 aliphatic heterocycles. The van der Waals surface area contributed by atoms with Crippen molar-refractivity contribution in [1.82, 2.24) is 9.97 Å². The first-order valence-electron chi connectivity index (χ1n) is 5.65. The lowest BCUT2D eigenvalue weighted by molar-refractivity contribution is 0.306. The Morgan fingerprint density at radius 1 is 1.38 bits per heavy atom. The van der Waals surface area contributed by atoms with E-state index in [1.54, 1.807) is 17.7 Å². The van der Waals surface area contributed by atoms with Crippen LogP contribution in [-0.2, 0) is 0 Å². The Labute approximate surface area is 98.9 Å². The van der Waals surface area contributed by atoms with Crippen LogP contribution in [0.3, 0.4) is 0 Å². The quantitative estimate of drug-likeness (QED) is 0.864. The molecule has 3 rings (SSSR count). The van der Waals surface area contributed by atoms with E-state index in [0.29, 0.717) is 0 Å². The third-order valence-electron chi connectivity index (χ3n) is 3.41. The molecular weight excluding hydrogens is 218 g/mol. The fraction of sp³-hybridized carbons (Fsp3) is 0.500. The molecule has 0 saturated heterocycles. The van der Waals surface area contributed by atoms with Gasteiger partial charge < -0.3 is 5.32 Å². The van der Waals surface area contributed by atoms with Gasteiger partial charge in [-0.1, -0.05) is 0 Å². The summed E-state index contributed by atoms with van der Waals surface area (Å²) in [4.78, 5) is 8.71. The number of thiophene rings is 1. The molecular formula is C12H15N3S. The Morgan fingerprint density at radius 3 is 2.88 bits per heavy atom. The topological polar surface area (TPSA) is 37.8 Å². The van der Waals surface area contributed by atoms with E-state index in [2.05, 4.69) is 34.5 Å². The Kier molecular flexibility index (Phi) is 2.14. The molecule has 0 radical (unpaired) electrons. The van der Waals surface area contributed by atoms with E-state index in [1.807, 2.05) is 0 Å². The Morgan fingerprint density at radius 2 is 2.19 bits per heavy atom. The molecule has 2 aromatic heterocycles. The summed E-state index contributed by atoms with van der Waals surface area (Å²) in [6.07, 6.45) is 5.46. The number of hydrogen-bond donors (Lipinski definition) is 1. The second kappa shape index (κ2) is 3.42. The maximum atomic E-state index is 4.38. The normalized spacial score (nSPS) is 18.4. The van der Waals surface area contributed by atoms with E-state index >= 15 is 0 Å². The lowest BCUT2D eigenvalue weighted by Gasteiger charge is -2.39. The molecule has 3 nitrogen and oxygen atoms in total. The maximum absolute atomic E-state index is 4.38. The van der Waals surface area contributed by atoms with Crippen LogP contribution in [0.1, 0.15) is 31.7 Å². The summed E-state index contributed by atoms with van der Waals surface area (Å²) < 4.78 is 1.19. The molecule has 1 aliphatic rings. The predicted molar refractivity (Wildman–Crippen MR) is 68.0 cm³/mol. The average Bonchev–Trinajstić information content (AvgIpc) is 2.60. The van der Waals surface area contributed by atoms with Gasteiger partial charge in [-0.05, 0) is 44.1 Å². The van der Waals surface area contributed by atoms with Gasteiger partial charge in [0, 0.05) is 5.54 Å². The summed E-state index contributed by atoms with van der Waals surface area (Å²) in [5.74, 6) is 1.00. The Balaban J connectivity index is 2.03. The minimum atomic E-state index is 0.249. The molecule has 0 bridgehead atoms. The number of aryl methyl sites for hydroxylation is 1. The number of hydrogen-bond acceptors (Lipinski definition) is 4. The van der Waals surface area contributed by atoms with Gasteiger partial charge in [-0.2, -0.15) is 0 Å². The van der Waals surface area contributed by atoms with Crippen LogP contribution in [0.4, 0.5) is 5.82 Å². The van der Waals surface area contributed by atoms with Gasteiger partial charge in [0.1, 0.15) is 12.1 Å². The van der Waals surface area contributed by atoms with Crippen LogP contribution in [0.2, 0.25) is 0 Å². The fourth-order valence-corrected chi connectivity index (χ4v) is 3.12. The van der Waals surface area contributed by atoms with Gasteiger partial charge in [-0.3, -0.25) is 0 Å². The molecule has 4 heteroatoms. The van der Waals surface area contributed by atoms with Gasteiger partial charge in [0.15, 0.2) is 0 Å². The second-order valence-corrected chi connectivity index (χ2v) is 5.74. The molecule has 0 unspecified atom stereocenters. The Hall–Kier alpha value is -1.16. The molecule has 1 saturated carbocycles. The van der Waals surface area contributed by atoms with Crippen LogP contribution in [0.5, 0.6) is 0 Å². The van der Waals surface area contributed by atoms with Crippen molar-refractivity contribution >= 4 is 27.4 Å². The molecule has 0 amide bonds. The number of aromatic nitrogens is 2. The van der Waals surface area contributed by atoms with Crippen LogP contribution in [0.25, 0.3) is 10.2 Å². The van der Waals surface area contributed by atoms with E-state index in [-0.39, 0.29) is 5.54 Å². The molecule has 2 aromatic rings. The molecule has 1 fully saturated rings. The summed E-state index contributed by atoms with van der Waals surface area (Å²) in [5, 5.41) is 5.72. The lowest BCUT2D eigenvalue weighted by atomic mass is 9.78. The van der Waals surface area contributed by atoms with Crippen molar-refractivity contribution in [1.29, 1.82) is 0 Å². The van der Waals surface area contributed by atoms with Crippen molar-refractivity contribution in [3.8, 4) is 0 Å². The minimum Gasteiger partial charge on any atom is -0.364 e. The molecule has 1 N–H and O–H groups in total. The first-order chi connectivity index (χ1) is 7.68. The fourth-order valence-electron chi connectivity index (χ4n) is 2.18. The summed E-state index contributed by atoms with van der Waals surface area (Å²) in [7, 11) is 0. The largest absolute Gasteiger partial charge is 0.364 e. The SMILES string of the molecule is Cc1csc2c(NC3(C)CCC3)ncnc12. The van der Waals surface area contributed by atoms with Crippen molar-refractivity contribution in [3.05, 3.63) is 17.3 Å². The highest BCUT2D eigenvalue weighted by Crippen LogP contribution is 2.37. The van der Waals surface area contributed by atoms with Crippen molar-refractivity contribution in [2.75, 3.05) is 5.32 Å². The van der Waals surface area contributed by atoms with Crippen molar-refractivity contribution in [3.63, 3.8) is 0 Å². The zero-order chi connectivity index (χ0) is 11.2. The number of anilines is 1. The van der Waals surface area contributed by atoms with E-state index in [1.165, 1.54) is 29.5 Å². The number of nitrogens with one attached hydrogen (secondary N) is 1. The minimum absolute atomic E-state index is 0.249. The highest BCUT2D eigenvalue weighted by molar-refractivity contribution is 7.18. The summed E-state index contributed by atoms with van der Waals surface area (Å²) in [6, 6.07) is 0. The number of rotatable bonds is 2. The number of fused-ring (bicyclic) bond motifs is 1. The van der Waals surface area contributed by atoms with Crippen molar-refractivity contribution in [2.45, 2.75) is 38.6 Å². The highest BCUT2D eigenvalue weighted by Gasteiger charge is 2.32. The third-order valence-corrected chi connectivity index (χ3v) is 4.50. The van der Waals surface area contributed by atoms with Crippen LogP contribution in [-0.4, -0.2) is 15.5 Å². The van der Waals surface area contributed by atoms with E-state index in [4.69, 9.17) is 0 Å². The average molecular weight is 233 g/mol. The zero-order valence-electron chi connectivity index (χ0n) is 9.58. The van der Waals surface area contributed by atoms with Gasteiger partial charge in [-0.15, -0.1) is 11.3 Å². The molecule has 16 heavy (non-hydrogen) atoms. The van der Waals surface area contributed by atoms with Gasteiger partial charge in [0.25, 0.3) is 0 Å². The summed E-state index contributed by atoms with van der Waals surface area (Å²) in [5.41, 5.74) is 2.58. The number of nitrogens with zero attached hydrogens (tertiary/aromatic N) is 2. The standard InChI is InChI=1S/C12H15N3S/c1-8-6-16-10-9(8)13-7-14-11(10)15-12(2)4-3-5-12/h6-7H,3-5H2,1-2H3,(H,13,14,15). The van der Waals surface area contributed by atoms with E-state index in [9.17, 15) is 0 Å². The van der Waals surface area contributed by atoms with Crippen LogP contribution in [0, 0.1) is 6.92 Å². The van der Waals surface area contributed by atoms with Gasteiger partial charge in [-0.25, -0.2) is 9.97 Å².